The standard InChI is InChI=1S/C13H24N4O/c1-16-9-11(8-15-16)13(7-14)17-6-4-2-3-5-12(17)10-18/h8-9,12-13,18H,2-7,10,14H2,1H3. The smallest absolute Gasteiger partial charge is 0.0587 e. The van der Waals surface area contributed by atoms with E-state index in [1.54, 1.807) is 0 Å². The zero-order valence-corrected chi connectivity index (χ0v) is 11.1. The van der Waals surface area contributed by atoms with E-state index in [4.69, 9.17) is 5.73 Å². The second kappa shape index (κ2) is 6.31. The molecule has 2 unspecified atom stereocenters. The molecule has 0 amide bonds. The highest BCUT2D eigenvalue weighted by Gasteiger charge is 2.28. The summed E-state index contributed by atoms with van der Waals surface area (Å²) < 4.78 is 1.81. The number of nitrogens with zero attached hydrogens (tertiary/aromatic N) is 3. The molecule has 18 heavy (non-hydrogen) atoms. The Labute approximate surface area is 109 Å². The van der Waals surface area contributed by atoms with E-state index in [9.17, 15) is 5.11 Å². The lowest BCUT2D eigenvalue weighted by Crippen LogP contribution is -2.43. The zero-order valence-electron chi connectivity index (χ0n) is 11.1. The third-order valence-corrected chi connectivity index (χ3v) is 3.87. The van der Waals surface area contributed by atoms with Crippen molar-refractivity contribution in [1.29, 1.82) is 0 Å². The molecule has 5 nitrogen and oxygen atoms in total. The van der Waals surface area contributed by atoms with Gasteiger partial charge in [-0.2, -0.15) is 5.10 Å². The predicted molar refractivity (Wildman–Crippen MR) is 71.1 cm³/mol. The first-order chi connectivity index (χ1) is 8.76. The summed E-state index contributed by atoms with van der Waals surface area (Å²) in [5, 5.41) is 13.8. The maximum atomic E-state index is 9.58. The van der Waals surface area contributed by atoms with Gasteiger partial charge in [-0.25, -0.2) is 0 Å². The van der Waals surface area contributed by atoms with E-state index >= 15 is 0 Å². The van der Waals surface area contributed by atoms with E-state index in [-0.39, 0.29) is 18.7 Å². The molecular weight excluding hydrogens is 228 g/mol. The second-order valence-electron chi connectivity index (χ2n) is 5.12. The second-order valence-corrected chi connectivity index (χ2v) is 5.12. The fraction of sp³-hybridized carbons (Fsp3) is 0.769. The Hall–Kier alpha value is -0.910. The molecule has 2 rings (SSSR count). The van der Waals surface area contributed by atoms with Crippen LogP contribution in [0.5, 0.6) is 0 Å². The Morgan fingerprint density at radius 1 is 1.50 bits per heavy atom. The fourth-order valence-electron chi connectivity index (χ4n) is 2.88. The van der Waals surface area contributed by atoms with Crippen LogP contribution in [-0.2, 0) is 7.05 Å². The SMILES string of the molecule is Cn1cc(C(CN)N2CCCCCC2CO)cn1. The van der Waals surface area contributed by atoms with Crippen molar-refractivity contribution in [1.82, 2.24) is 14.7 Å². The molecule has 0 radical (unpaired) electrons. The van der Waals surface area contributed by atoms with Crippen molar-refractivity contribution in [2.75, 3.05) is 19.7 Å². The summed E-state index contributed by atoms with van der Waals surface area (Å²) in [4.78, 5) is 2.37. The highest BCUT2D eigenvalue weighted by Crippen LogP contribution is 2.27. The number of aromatic nitrogens is 2. The van der Waals surface area contributed by atoms with Crippen molar-refractivity contribution in [2.45, 2.75) is 37.8 Å². The quantitative estimate of drug-likeness (QED) is 0.826. The van der Waals surface area contributed by atoms with Gasteiger partial charge in [0.15, 0.2) is 0 Å². The lowest BCUT2D eigenvalue weighted by molar-refractivity contribution is 0.0870. The van der Waals surface area contributed by atoms with Gasteiger partial charge in [0.25, 0.3) is 0 Å². The van der Waals surface area contributed by atoms with Gasteiger partial charge in [0, 0.05) is 31.4 Å². The molecule has 1 aromatic heterocycles. The van der Waals surface area contributed by atoms with Crippen LogP contribution < -0.4 is 5.73 Å². The molecule has 2 heterocycles. The van der Waals surface area contributed by atoms with Crippen LogP contribution in [0.4, 0.5) is 0 Å². The van der Waals surface area contributed by atoms with Crippen molar-refractivity contribution in [2.24, 2.45) is 12.8 Å². The van der Waals surface area contributed by atoms with Crippen LogP contribution in [0.15, 0.2) is 12.4 Å². The molecule has 3 N–H and O–H groups in total. The van der Waals surface area contributed by atoms with Gasteiger partial charge in [0.05, 0.1) is 18.8 Å². The number of hydrogen-bond donors (Lipinski definition) is 2. The predicted octanol–water partition coefficient (Wildman–Crippen LogP) is 0.657. The Kier molecular flexibility index (Phi) is 4.74. The lowest BCUT2D eigenvalue weighted by atomic mass is 10.1. The number of aliphatic hydroxyl groups is 1. The number of nitrogens with two attached hydrogens (primary N) is 1. The first-order valence-corrected chi connectivity index (χ1v) is 6.81. The van der Waals surface area contributed by atoms with E-state index in [1.165, 1.54) is 19.3 Å². The Morgan fingerprint density at radius 3 is 2.94 bits per heavy atom. The zero-order chi connectivity index (χ0) is 13.0. The monoisotopic (exact) mass is 252 g/mol. The molecule has 2 atom stereocenters. The van der Waals surface area contributed by atoms with E-state index in [1.807, 2.05) is 24.1 Å². The van der Waals surface area contributed by atoms with Gasteiger partial charge in [0.1, 0.15) is 0 Å². The van der Waals surface area contributed by atoms with Crippen molar-refractivity contribution < 1.29 is 5.11 Å². The maximum absolute atomic E-state index is 9.58. The van der Waals surface area contributed by atoms with Crippen LogP contribution in [0.25, 0.3) is 0 Å². The molecule has 0 spiro atoms. The number of likely N-dealkylation sites (tertiary alicyclic amines) is 1. The van der Waals surface area contributed by atoms with Crippen LogP contribution in [-0.4, -0.2) is 45.5 Å². The Morgan fingerprint density at radius 2 is 2.33 bits per heavy atom. The van der Waals surface area contributed by atoms with Crippen LogP contribution >= 0.6 is 0 Å². The van der Waals surface area contributed by atoms with Crippen molar-refractivity contribution in [3.63, 3.8) is 0 Å². The van der Waals surface area contributed by atoms with Gasteiger partial charge in [-0.05, 0) is 19.4 Å². The van der Waals surface area contributed by atoms with Gasteiger partial charge in [-0.3, -0.25) is 9.58 Å². The normalized spacial score (nSPS) is 23.8. The third kappa shape index (κ3) is 2.91. The molecule has 1 saturated heterocycles. The number of rotatable bonds is 4. The van der Waals surface area contributed by atoms with Crippen LogP contribution in [0.3, 0.4) is 0 Å². The van der Waals surface area contributed by atoms with Crippen molar-refractivity contribution in [3.8, 4) is 0 Å². The maximum Gasteiger partial charge on any atom is 0.0587 e. The van der Waals surface area contributed by atoms with E-state index in [2.05, 4.69) is 10.00 Å². The van der Waals surface area contributed by atoms with Gasteiger partial charge in [0.2, 0.25) is 0 Å². The lowest BCUT2D eigenvalue weighted by Gasteiger charge is -2.35. The molecule has 1 aromatic rings. The van der Waals surface area contributed by atoms with Gasteiger partial charge < -0.3 is 10.8 Å². The number of aliphatic hydroxyl groups excluding tert-OH is 1. The molecule has 102 valence electrons. The molecule has 0 aliphatic carbocycles. The highest BCUT2D eigenvalue weighted by atomic mass is 16.3. The average Bonchev–Trinajstić information content (AvgIpc) is 2.66. The summed E-state index contributed by atoms with van der Waals surface area (Å²) in [6, 6.07) is 0.412. The van der Waals surface area contributed by atoms with Crippen LogP contribution in [0, 0.1) is 0 Å². The van der Waals surface area contributed by atoms with Gasteiger partial charge in [-0.1, -0.05) is 12.8 Å². The molecular formula is C13H24N4O. The molecule has 0 bridgehead atoms. The first kappa shape index (κ1) is 13.5. The highest BCUT2D eigenvalue weighted by molar-refractivity contribution is 5.12. The molecule has 0 saturated carbocycles. The Balaban J connectivity index is 2.18. The van der Waals surface area contributed by atoms with Crippen molar-refractivity contribution in [3.05, 3.63) is 18.0 Å². The number of hydrogen-bond acceptors (Lipinski definition) is 4. The Bertz CT molecular complexity index is 366. The largest absolute Gasteiger partial charge is 0.395 e. The topological polar surface area (TPSA) is 67.3 Å². The van der Waals surface area contributed by atoms with Crippen LogP contribution in [0.1, 0.15) is 37.3 Å². The van der Waals surface area contributed by atoms with E-state index < -0.39 is 0 Å². The van der Waals surface area contributed by atoms with Crippen LogP contribution in [0.2, 0.25) is 0 Å². The first-order valence-electron chi connectivity index (χ1n) is 6.81. The summed E-state index contributed by atoms with van der Waals surface area (Å²) >= 11 is 0. The molecule has 1 aliphatic heterocycles. The van der Waals surface area contributed by atoms with E-state index in [0.29, 0.717) is 6.54 Å². The minimum Gasteiger partial charge on any atom is -0.395 e. The molecule has 0 aromatic carbocycles. The summed E-state index contributed by atoms with van der Waals surface area (Å²) in [7, 11) is 1.92. The summed E-state index contributed by atoms with van der Waals surface area (Å²) in [6.07, 6.45) is 8.61. The van der Waals surface area contributed by atoms with Gasteiger partial charge in [-0.15, -0.1) is 0 Å². The van der Waals surface area contributed by atoms with E-state index in [0.717, 1.165) is 18.5 Å². The number of aryl methyl sites for hydroxylation is 1. The third-order valence-electron chi connectivity index (χ3n) is 3.87. The molecule has 1 aliphatic rings. The summed E-state index contributed by atoms with van der Waals surface area (Å²) in [5.41, 5.74) is 7.11. The van der Waals surface area contributed by atoms with Gasteiger partial charge >= 0.3 is 0 Å². The average molecular weight is 252 g/mol. The molecule has 5 heteroatoms. The summed E-state index contributed by atoms with van der Waals surface area (Å²) in [6.45, 7) is 1.81. The van der Waals surface area contributed by atoms with Crippen molar-refractivity contribution >= 4 is 0 Å². The molecule has 1 fully saturated rings. The minimum atomic E-state index is 0.175. The fourth-order valence-corrected chi connectivity index (χ4v) is 2.88. The minimum absolute atomic E-state index is 0.175. The summed E-state index contributed by atoms with van der Waals surface area (Å²) in [5.74, 6) is 0.